The van der Waals surface area contributed by atoms with Crippen molar-refractivity contribution in [1.82, 2.24) is 26.0 Å². The highest BCUT2D eigenvalue weighted by atomic mass is 19.1. The standard InChI is InChI=1S/C50H54FN5O9/c1-3-5-9-23-40(45(4-2)56(34-57)65-32-37-21-14-8-15-22-37)47(59)52-33-53-49(61)43-25-16-24-42(54-43)38-26-27-39(41(51)28-38)48(60)55-44(50(62)64-31-36-19-12-7-13-20-36)29-46(58)63-30-35-17-10-6-11-18-35/h6-8,10-22,24-28,34,40,44-45H,3-5,9,23,29-33H2,1-2H3,(H,52,59)(H,53,61)(H,55,60)/t40-,44+,45-/m1/s1. The first-order chi connectivity index (χ1) is 31.6. The predicted octanol–water partition coefficient (Wildman–Crippen LogP) is 7.23. The fourth-order valence-corrected chi connectivity index (χ4v) is 6.92. The van der Waals surface area contributed by atoms with Gasteiger partial charge in [-0.05, 0) is 53.8 Å². The molecule has 0 saturated carbocycles. The van der Waals surface area contributed by atoms with Gasteiger partial charge in [-0.2, -0.15) is 0 Å². The topological polar surface area (TPSA) is 182 Å². The van der Waals surface area contributed by atoms with E-state index in [0.717, 1.165) is 36.5 Å². The Morgan fingerprint density at radius 1 is 0.723 bits per heavy atom. The summed E-state index contributed by atoms with van der Waals surface area (Å²) in [4.78, 5) is 88.7. The molecular formula is C50H54FN5O9. The summed E-state index contributed by atoms with van der Waals surface area (Å²) in [5, 5.41) is 9.03. The molecule has 0 aliphatic heterocycles. The summed E-state index contributed by atoms with van der Waals surface area (Å²) >= 11 is 0. The summed E-state index contributed by atoms with van der Waals surface area (Å²) in [6.45, 7) is 3.66. The van der Waals surface area contributed by atoms with Crippen molar-refractivity contribution in [1.29, 1.82) is 0 Å². The summed E-state index contributed by atoms with van der Waals surface area (Å²) < 4.78 is 26.4. The smallest absolute Gasteiger partial charge is 0.329 e. The van der Waals surface area contributed by atoms with Crippen LogP contribution in [0.4, 0.5) is 4.39 Å². The summed E-state index contributed by atoms with van der Waals surface area (Å²) in [5.74, 6) is -5.24. The van der Waals surface area contributed by atoms with E-state index in [9.17, 15) is 28.8 Å². The fourth-order valence-electron chi connectivity index (χ4n) is 6.92. The molecule has 15 heteroatoms. The lowest BCUT2D eigenvalue weighted by Crippen LogP contribution is -2.48. The fraction of sp³-hybridized carbons (Fsp3) is 0.300. The van der Waals surface area contributed by atoms with Gasteiger partial charge in [0.25, 0.3) is 11.8 Å². The normalized spacial score (nSPS) is 12.2. The van der Waals surface area contributed by atoms with Crippen molar-refractivity contribution in [2.24, 2.45) is 5.92 Å². The summed E-state index contributed by atoms with van der Waals surface area (Å²) in [7, 11) is 0. The van der Waals surface area contributed by atoms with E-state index in [-0.39, 0.29) is 49.3 Å². The first-order valence-corrected chi connectivity index (χ1v) is 21.5. The average molecular weight is 888 g/mol. The van der Waals surface area contributed by atoms with Crippen molar-refractivity contribution in [3.63, 3.8) is 0 Å². The van der Waals surface area contributed by atoms with Crippen LogP contribution in [-0.2, 0) is 53.3 Å². The zero-order valence-corrected chi connectivity index (χ0v) is 36.5. The second-order valence-electron chi connectivity index (χ2n) is 15.1. The van der Waals surface area contributed by atoms with Crippen LogP contribution >= 0.6 is 0 Å². The lowest BCUT2D eigenvalue weighted by atomic mass is 9.90. The number of hydroxylamine groups is 2. The van der Waals surface area contributed by atoms with Crippen LogP contribution in [0.2, 0.25) is 0 Å². The number of amides is 4. The van der Waals surface area contributed by atoms with E-state index in [4.69, 9.17) is 14.3 Å². The molecule has 0 aliphatic rings. The van der Waals surface area contributed by atoms with Crippen LogP contribution < -0.4 is 16.0 Å². The summed E-state index contributed by atoms with van der Waals surface area (Å²) in [5.41, 5.74) is 2.27. The number of carbonyl (C=O) groups excluding carboxylic acids is 6. The van der Waals surface area contributed by atoms with Gasteiger partial charge in [-0.1, -0.05) is 136 Å². The van der Waals surface area contributed by atoms with Gasteiger partial charge >= 0.3 is 11.9 Å². The van der Waals surface area contributed by atoms with Crippen molar-refractivity contribution in [2.75, 3.05) is 6.67 Å². The molecule has 5 aromatic rings. The van der Waals surface area contributed by atoms with Gasteiger partial charge in [-0.15, -0.1) is 0 Å². The van der Waals surface area contributed by atoms with Crippen LogP contribution in [0.25, 0.3) is 11.3 Å². The van der Waals surface area contributed by atoms with Crippen LogP contribution in [0.3, 0.4) is 0 Å². The summed E-state index contributed by atoms with van der Waals surface area (Å²) in [6, 6.07) is 33.3. The van der Waals surface area contributed by atoms with Gasteiger partial charge in [0.2, 0.25) is 12.3 Å². The predicted molar refractivity (Wildman–Crippen MR) is 239 cm³/mol. The number of nitrogens with one attached hydrogen (secondary N) is 3. The largest absolute Gasteiger partial charge is 0.461 e. The molecule has 4 aromatic carbocycles. The number of pyridine rings is 1. The Hall–Kier alpha value is -7.26. The highest BCUT2D eigenvalue weighted by Crippen LogP contribution is 2.24. The van der Waals surface area contributed by atoms with Crippen molar-refractivity contribution in [3.8, 4) is 11.3 Å². The van der Waals surface area contributed by atoms with Crippen LogP contribution in [0.5, 0.6) is 0 Å². The molecule has 0 bridgehead atoms. The molecule has 3 N–H and O–H groups in total. The van der Waals surface area contributed by atoms with Gasteiger partial charge in [0.05, 0.1) is 36.3 Å². The molecule has 0 radical (unpaired) electrons. The number of ether oxygens (including phenoxy) is 2. The molecule has 3 atom stereocenters. The number of unbranched alkanes of at least 4 members (excludes halogenated alkanes) is 2. The van der Waals surface area contributed by atoms with E-state index in [1.165, 1.54) is 23.3 Å². The molecule has 0 saturated heterocycles. The van der Waals surface area contributed by atoms with Gasteiger partial charge in [0, 0.05) is 5.56 Å². The monoisotopic (exact) mass is 887 g/mol. The molecular weight excluding hydrogens is 834 g/mol. The van der Waals surface area contributed by atoms with Gasteiger partial charge in [-0.25, -0.2) is 19.2 Å². The zero-order chi connectivity index (χ0) is 46.4. The van der Waals surface area contributed by atoms with E-state index in [1.54, 1.807) is 66.7 Å². The molecule has 65 heavy (non-hydrogen) atoms. The van der Waals surface area contributed by atoms with Gasteiger partial charge in [0.15, 0.2) is 0 Å². The molecule has 4 amide bonds. The molecule has 340 valence electrons. The number of carbonyl (C=O) groups is 6. The van der Waals surface area contributed by atoms with Crippen molar-refractivity contribution >= 4 is 36.1 Å². The maximum atomic E-state index is 15.7. The number of hydrogen-bond acceptors (Lipinski definition) is 10. The Kier molecular flexibility index (Phi) is 19.3. The Balaban J connectivity index is 1.20. The second-order valence-corrected chi connectivity index (χ2v) is 15.1. The summed E-state index contributed by atoms with van der Waals surface area (Å²) in [6.07, 6.45) is 3.54. The van der Waals surface area contributed by atoms with Crippen LogP contribution in [0, 0.1) is 11.7 Å². The minimum atomic E-state index is -1.50. The minimum Gasteiger partial charge on any atom is -0.461 e. The highest BCUT2D eigenvalue weighted by Gasteiger charge is 2.32. The first-order valence-electron chi connectivity index (χ1n) is 21.5. The maximum Gasteiger partial charge on any atom is 0.329 e. The van der Waals surface area contributed by atoms with Crippen molar-refractivity contribution < 1.29 is 47.5 Å². The van der Waals surface area contributed by atoms with Crippen LogP contribution in [0.1, 0.15) is 89.9 Å². The van der Waals surface area contributed by atoms with Crippen molar-refractivity contribution in [3.05, 3.63) is 161 Å². The van der Waals surface area contributed by atoms with Crippen LogP contribution in [0.15, 0.2) is 127 Å². The lowest BCUT2D eigenvalue weighted by molar-refractivity contribution is -0.200. The van der Waals surface area contributed by atoms with Gasteiger partial charge < -0.3 is 25.4 Å². The Morgan fingerprint density at radius 2 is 1.35 bits per heavy atom. The Bertz CT molecular complexity index is 2340. The minimum absolute atomic E-state index is 0.0256. The van der Waals surface area contributed by atoms with E-state index in [2.05, 4.69) is 27.9 Å². The average Bonchev–Trinajstić information content (AvgIpc) is 3.33. The third kappa shape index (κ3) is 15.2. The van der Waals surface area contributed by atoms with E-state index in [1.807, 2.05) is 43.3 Å². The van der Waals surface area contributed by atoms with E-state index >= 15 is 4.39 Å². The number of rotatable bonds is 25. The first kappa shape index (κ1) is 48.8. The molecule has 1 aromatic heterocycles. The zero-order valence-electron chi connectivity index (χ0n) is 36.5. The molecule has 0 aliphatic carbocycles. The second kappa shape index (κ2) is 25.8. The Labute approximate surface area is 377 Å². The number of hydrogen-bond donors (Lipinski definition) is 3. The van der Waals surface area contributed by atoms with Crippen LogP contribution in [-0.4, -0.2) is 64.9 Å². The molecule has 0 unspecified atom stereocenters. The van der Waals surface area contributed by atoms with E-state index < -0.39 is 59.6 Å². The molecule has 5 rings (SSSR count). The number of nitrogens with zero attached hydrogens (tertiary/aromatic N) is 2. The number of aromatic nitrogens is 1. The van der Waals surface area contributed by atoms with Gasteiger partial charge in [-0.3, -0.25) is 28.8 Å². The Morgan fingerprint density at radius 3 is 1.95 bits per heavy atom. The lowest BCUT2D eigenvalue weighted by Gasteiger charge is -2.32. The number of halogens is 1. The number of benzene rings is 4. The third-order valence-corrected chi connectivity index (χ3v) is 10.4. The number of esters is 2. The highest BCUT2D eigenvalue weighted by molar-refractivity contribution is 5.98. The van der Waals surface area contributed by atoms with Crippen molar-refractivity contribution in [2.45, 2.75) is 84.3 Å². The quantitative estimate of drug-likeness (QED) is 0.0178. The van der Waals surface area contributed by atoms with E-state index in [0.29, 0.717) is 24.8 Å². The third-order valence-electron chi connectivity index (χ3n) is 10.4. The molecule has 14 nitrogen and oxygen atoms in total. The molecule has 0 fully saturated rings. The molecule has 1 heterocycles. The SMILES string of the molecule is CCCCC[C@@H](C(=O)NCNC(=O)c1cccc(-c2ccc(C(=O)N[C@@H](CC(=O)OCc3ccccc3)C(=O)OCc3ccccc3)c(F)c2)n1)[C@@H](CC)N(C=O)OCc1ccccc1. The maximum absolute atomic E-state index is 15.7. The van der Waals surface area contributed by atoms with Gasteiger partial charge in [0.1, 0.15) is 37.4 Å². The molecule has 0 spiro atoms.